The average molecular weight is 381 g/mol. The van der Waals surface area contributed by atoms with Crippen LogP contribution in [0.2, 0.25) is 0 Å². The summed E-state index contributed by atoms with van der Waals surface area (Å²) in [5.74, 6) is -0.196. The fourth-order valence-electron chi connectivity index (χ4n) is 2.59. The lowest BCUT2D eigenvalue weighted by atomic mass is 10.2. The zero-order valence-electron chi connectivity index (χ0n) is 15.7. The molecule has 0 bridgehead atoms. The molecule has 8 heteroatoms. The molecular formula is C20H23N5O3. The van der Waals surface area contributed by atoms with Gasteiger partial charge in [0.15, 0.2) is 0 Å². The Labute approximate surface area is 165 Å². The number of methoxy groups -OCH3 is 1. The lowest BCUT2D eigenvalue weighted by Gasteiger charge is -2.13. The van der Waals surface area contributed by atoms with Crippen LogP contribution in [0.4, 0.5) is 11.4 Å². The topological polar surface area (TPSA) is 106 Å². The second-order valence-corrected chi connectivity index (χ2v) is 5.98. The molecule has 2 aromatic heterocycles. The van der Waals surface area contributed by atoms with Crippen molar-refractivity contribution in [1.82, 2.24) is 15.0 Å². The van der Waals surface area contributed by atoms with Crippen LogP contribution < -0.4 is 15.4 Å². The molecule has 3 aromatic rings. The first-order valence-electron chi connectivity index (χ1n) is 8.49. The van der Waals surface area contributed by atoms with E-state index in [2.05, 4.69) is 25.6 Å². The fourth-order valence-corrected chi connectivity index (χ4v) is 2.59. The summed E-state index contributed by atoms with van der Waals surface area (Å²) in [6, 6.07) is 8.59. The minimum absolute atomic E-state index is 0. The maximum Gasteiger partial charge on any atom is 0.276 e. The van der Waals surface area contributed by atoms with Crippen molar-refractivity contribution in [1.29, 1.82) is 0 Å². The first kappa shape index (κ1) is 19.0. The van der Waals surface area contributed by atoms with Gasteiger partial charge in [-0.2, -0.15) is 0 Å². The summed E-state index contributed by atoms with van der Waals surface area (Å²) in [7, 11) is 1.50. The van der Waals surface area contributed by atoms with Gasteiger partial charge in [0.1, 0.15) is 11.4 Å². The molecule has 0 unspecified atom stereocenters. The Bertz CT molecular complexity index is 1030. The van der Waals surface area contributed by atoms with E-state index >= 15 is 0 Å². The minimum atomic E-state index is -0.436. The Morgan fingerprint density at radius 2 is 1.96 bits per heavy atom. The Morgan fingerprint density at radius 1 is 1.14 bits per heavy atom. The van der Waals surface area contributed by atoms with Crippen molar-refractivity contribution in [3.8, 4) is 17.0 Å². The number of hydrogen-bond acceptors (Lipinski definition) is 6. The van der Waals surface area contributed by atoms with Gasteiger partial charge in [0, 0.05) is 33.4 Å². The third kappa shape index (κ3) is 4.29. The molecule has 0 aliphatic rings. The van der Waals surface area contributed by atoms with Gasteiger partial charge in [-0.05, 0) is 37.3 Å². The van der Waals surface area contributed by atoms with E-state index in [-0.39, 0.29) is 14.5 Å². The monoisotopic (exact) mass is 381 g/mol. The molecule has 0 fully saturated rings. The minimum Gasteiger partial charge on any atom is -0.495 e. The Kier molecular flexibility index (Phi) is 5.59. The number of amides is 2. The van der Waals surface area contributed by atoms with Crippen molar-refractivity contribution in [2.24, 2.45) is 0 Å². The number of carbonyl (C=O) groups excluding carboxylic acids is 2. The molecule has 3 rings (SSSR count). The molecule has 0 atom stereocenters. The van der Waals surface area contributed by atoms with Gasteiger partial charge in [-0.1, -0.05) is 0 Å². The number of nitrogens with one attached hydrogen (secondary N) is 2. The smallest absolute Gasteiger partial charge is 0.276 e. The number of benzene rings is 1. The van der Waals surface area contributed by atoms with Gasteiger partial charge in [-0.15, -0.1) is 0 Å². The molecule has 2 N–H and O–H groups in total. The van der Waals surface area contributed by atoms with Gasteiger partial charge in [-0.25, -0.2) is 4.98 Å². The third-order valence-electron chi connectivity index (χ3n) is 3.90. The SMILES string of the molecule is COc1ccc(NC(C)=O)cc1NC(=O)c1nc(-c2cccnc2)cnc1C.[HH].[HH]. The summed E-state index contributed by atoms with van der Waals surface area (Å²) < 4.78 is 5.29. The zero-order valence-corrected chi connectivity index (χ0v) is 15.7. The van der Waals surface area contributed by atoms with Crippen molar-refractivity contribution in [3.63, 3.8) is 0 Å². The van der Waals surface area contributed by atoms with E-state index in [1.807, 2.05) is 6.07 Å². The zero-order chi connectivity index (χ0) is 20.1. The maximum atomic E-state index is 12.8. The first-order valence-corrected chi connectivity index (χ1v) is 8.49. The van der Waals surface area contributed by atoms with E-state index in [1.165, 1.54) is 14.0 Å². The summed E-state index contributed by atoms with van der Waals surface area (Å²) in [5.41, 5.74) is 2.93. The van der Waals surface area contributed by atoms with Gasteiger partial charge in [0.05, 0.1) is 30.4 Å². The Balaban J connectivity index is 0.00000225. The van der Waals surface area contributed by atoms with Gasteiger partial charge in [-0.3, -0.25) is 19.6 Å². The quantitative estimate of drug-likeness (QED) is 0.700. The molecule has 0 saturated heterocycles. The highest BCUT2D eigenvalue weighted by atomic mass is 16.5. The van der Waals surface area contributed by atoms with Crippen LogP contribution in [0.15, 0.2) is 48.9 Å². The number of aromatic nitrogens is 3. The number of anilines is 2. The highest BCUT2D eigenvalue weighted by Gasteiger charge is 2.16. The number of rotatable bonds is 5. The molecule has 28 heavy (non-hydrogen) atoms. The second kappa shape index (κ2) is 8.26. The molecular weight excluding hydrogens is 358 g/mol. The molecule has 0 aliphatic carbocycles. The summed E-state index contributed by atoms with van der Waals surface area (Å²) in [6.45, 7) is 3.12. The average Bonchev–Trinajstić information content (AvgIpc) is 2.68. The van der Waals surface area contributed by atoms with Crippen LogP contribution in [-0.4, -0.2) is 33.9 Å². The lowest BCUT2D eigenvalue weighted by Crippen LogP contribution is -2.17. The molecule has 0 radical (unpaired) electrons. The van der Waals surface area contributed by atoms with E-state index in [1.54, 1.807) is 49.8 Å². The number of nitrogens with zero attached hydrogens (tertiary/aromatic N) is 3. The van der Waals surface area contributed by atoms with Crippen LogP contribution in [0.3, 0.4) is 0 Å². The number of hydrogen-bond donors (Lipinski definition) is 2. The molecule has 1 aromatic carbocycles. The molecule has 2 heterocycles. The van der Waals surface area contributed by atoms with E-state index in [9.17, 15) is 9.59 Å². The molecule has 2 amide bonds. The van der Waals surface area contributed by atoms with Crippen LogP contribution in [0, 0.1) is 6.92 Å². The first-order chi connectivity index (χ1) is 13.5. The van der Waals surface area contributed by atoms with Crippen molar-refractivity contribution in [2.75, 3.05) is 17.7 Å². The lowest BCUT2D eigenvalue weighted by molar-refractivity contribution is -0.114. The van der Waals surface area contributed by atoms with Crippen LogP contribution >= 0.6 is 0 Å². The molecule has 0 aliphatic heterocycles. The Morgan fingerprint density at radius 3 is 2.64 bits per heavy atom. The van der Waals surface area contributed by atoms with Gasteiger partial charge in [0.2, 0.25) is 5.91 Å². The second-order valence-electron chi connectivity index (χ2n) is 5.98. The number of aryl methyl sites for hydroxylation is 1. The van der Waals surface area contributed by atoms with E-state index in [4.69, 9.17) is 4.74 Å². The number of pyridine rings is 1. The maximum absolute atomic E-state index is 12.8. The van der Waals surface area contributed by atoms with E-state index in [0.29, 0.717) is 28.5 Å². The van der Waals surface area contributed by atoms with Crippen LogP contribution in [0.5, 0.6) is 5.75 Å². The van der Waals surface area contributed by atoms with Gasteiger partial charge < -0.3 is 15.4 Å². The molecule has 0 spiro atoms. The van der Waals surface area contributed by atoms with Gasteiger partial charge >= 0.3 is 0 Å². The van der Waals surface area contributed by atoms with Crippen molar-refractivity contribution in [2.45, 2.75) is 13.8 Å². The highest BCUT2D eigenvalue weighted by molar-refractivity contribution is 6.05. The standard InChI is InChI=1S/C20H19N5O3.2H2/c1-12-19(24-17(11-22-12)14-5-4-8-21-10-14)20(27)25-16-9-15(23-13(2)26)6-7-18(16)28-3;;/h4-11H,1-3H3,(H,23,26)(H,25,27);2*1H. The van der Waals surface area contributed by atoms with Crippen molar-refractivity contribution in [3.05, 3.63) is 60.3 Å². The Hall–Kier alpha value is -3.81. The predicted molar refractivity (Wildman–Crippen MR) is 109 cm³/mol. The van der Waals surface area contributed by atoms with Crippen LogP contribution in [-0.2, 0) is 4.79 Å². The third-order valence-corrected chi connectivity index (χ3v) is 3.90. The largest absolute Gasteiger partial charge is 0.495 e. The number of ether oxygens (including phenoxy) is 1. The van der Waals surface area contributed by atoms with Crippen LogP contribution in [0.25, 0.3) is 11.3 Å². The molecule has 8 nitrogen and oxygen atoms in total. The van der Waals surface area contributed by atoms with E-state index < -0.39 is 5.91 Å². The number of carbonyl (C=O) groups is 2. The highest BCUT2D eigenvalue weighted by Crippen LogP contribution is 2.28. The predicted octanol–water partition coefficient (Wildman–Crippen LogP) is 3.56. The summed E-state index contributed by atoms with van der Waals surface area (Å²) in [4.78, 5) is 36.9. The van der Waals surface area contributed by atoms with E-state index in [0.717, 1.165) is 5.56 Å². The summed E-state index contributed by atoms with van der Waals surface area (Å²) >= 11 is 0. The molecule has 0 saturated carbocycles. The van der Waals surface area contributed by atoms with Crippen molar-refractivity contribution < 1.29 is 17.2 Å². The summed E-state index contributed by atoms with van der Waals surface area (Å²) in [5, 5.41) is 5.45. The fraction of sp³-hybridized carbons (Fsp3) is 0.150. The van der Waals surface area contributed by atoms with Gasteiger partial charge in [0.25, 0.3) is 5.91 Å². The van der Waals surface area contributed by atoms with Crippen molar-refractivity contribution >= 4 is 23.2 Å². The molecule has 146 valence electrons. The van der Waals surface area contributed by atoms with Crippen LogP contribution in [0.1, 0.15) is 26.0 Å². The summed E-state index contributed by atoms with van der Waals surface area (Å²) in [6.07, 6.45) is 4.91. The normalized spacial score (nSPS) is 10.2.